The van der Waals surface area contributed by atoms with Crippen molar-refractivity contribution in [3.63, 3.8) is 0 Å². The van der Waals surface area contributed by atoms with Gasteiger partial charge in [-0.1, -0.05) is 5.57 Å². The predicted octanol–water partition coefficient (Wildman–Crippen LogP) is 0.512. The number of rotatable bonds is 1. The van der Waals surface area contributed by atoms with Crippen LogP contribution < -0.4 is 5.73 Å². The van der Waals surface area contributed by atoms with Gasteiger partial charge >= 0.3 is 0 Å². The van der Waals surface area contributed by atoms with E-state index in [2.05, 4.69) is 0 Å². The Hall–Kier alpha value is -0.830. The number of amides is 1. The van der Waals surface area contributed by atoms with Crippen LogP contribution in [-0.4, -0.2) is 29.9 Å². The van der Waals surface area contributed by atoms with Gasteiger partial charge in [-0.2, -0.15) is 0 Å². The second-order valence-corrected chi connectivity index (χ2v) is 3.55. The molecule has 0 aromatic carbocycles. The lowest BCUT2D eigenvalue weighted by Crippen LogP contribution is -2.30. The fourth-order valence-corrected chi connectivity index (χ4v) is 1.33. The Morgan fingerprint density at radius 3 is 2.67 bits per heavy atom. The molecule has 1 amide bonds. The molecule has 1 fully saturated rings. The van der Waals surface area contributed by atoms with Crippen molar-refractivity contribution in [3.8, 4) is 0 Å². The normalized spacial score (nSPS) is 22.6. The summed E-state index contributed by atoms with van der Waals surface area (Å²) in [6.07, 6.45) is 2.60. The third kappa shape index (κ3) is 2.34. The fourth-order valence-electron chi connectivity index (χ4n) is 1.33. The number of carbonyl (C=O) groups excluding carboxylic acids is 1. The molecule has 1 aliphatic rings. The van der Waals surface area contributed by atoms with Crippen molar-refractivity contribution in [2.24, 2.45) is 5.73 Å². The quantitative estimate of drug-likeness (QED) is 0.580. The van der Waals surface area contributed by atoms with Gasteiger partial charge in [0.1, 0.15) is 0 Å². The third-order valence-corrected chi connectivity index (χ3v) is 1.95. The molecule has 0 aromatic rings. The van der Waals surface area contributed by atoms with Crippen LogP contribution in [0.15, 0.2) is 11.6 Å². The SMILES string of the molecule is CC(C)=CC(=O)N1CC[C@@H](N)C1. The van der Waals surface area contributed by atoms with Gasteiger partial charge in [0.05, 0.1) is 0 Å². The second kappa shape index (κ2) is 3.72. The summed E-state index contributed by atoms with van der Waals surface area (Å²) in [5.74, 6) is 0.1000. The van der Waals surface area contributed by atoms with Gasteiger partial charge in [-0.15, -0.1) is 0 Å². The highest BCUT2D eigenvalue weighted by atomic mass is 16.2. The van der Waals surface area contributed by atoms with Crippen LogP contribution in [0.2, 0.25) is 0 Å². The molecule has 0 aromatic heterocycles. The maximum Gasteiger partial charge on any atom is 0.246 e. The number of allylic oxidation sites excluding steroid dienone is 1. The van der Waals surface area contributed by atoms with E-state index in [1.807, 2.05) is 13.8 Å². The Balaban J connectivity index is 2.49. The molecular formula is C9H16N2O. The number of likely N-dealkylation sites (tertiary alicyclic amines) is 1. The summed E-state index contributed by atoms with van der Waals surface area (Å²) in [6.45, 7) is 5.37. The summed E-state index contributed by atoms with van der Waals surface area (Å²) in [5, 5.41) is 0. The van der Waals surface area contributed by atoms with Gasteiger partial charge in [0.15, 0.2) is 0 Å². The van der Waals surface area contributed by atoms with Gasteiger partial charge in [0.2, 0.25) is 5.91 Å². The molecule has 12 heavy (non-hydrogen) atoms. The molecule has 0 aliphatic carbocycles. The first-order valence-electron chi connectivity index (χ1n) is 4.29. The molecule has 1 saturated heterocycles. The van der Waals surface area contributed by atoms with E-state index in [-0.39, 0.29) is 11.9 Å². The Morgan fingerprint density at radius 2 is 2.25 bits per heavy atom. The van der Waals surface area contributed by atoms with Crippen LogP contribution in [0.5, 0.6) is 0 Å². The molecule has 68 valence electrons. The maximum absolute atomic E-state index is 11.4. The average molecular weight is 168 g/mol. The topological polar surface area (TPSA) is 46.3 Å². The van der Waals surface area contributed by atoms with Gasteiger partial charge in [-0.05, 0) is 20.3 Å². The fraction of sp³-hybridized carbons (Fsp3) is 0.667. The molecule has 1 heterocycles. The molecule has 0 radical (unpaired) electrons. The molecule has 1 rings (SSSR count). The lowest BCUT2D eigenvalue weighted by molar-refractivity contribution is -0.125. The van der Waals surface area contributed by atoms with Crippen LogP contribution >= 0.6 is 0 Å². The van der Waals surface area contributed by atoms with Gasteiger partial charge in [-0.3, -0.25) is 4.79 Å². The van der Waals surface area contributed by atoms with Crippen molar-refractivity contribution in [2.75, 3.05) is 13.1 Å². The smallest absolute Gasteiger partial charge is 0.246 e. The van der Waals surface area contributed by atoms with Crippen LogP contribution in [0.4, 0.5) is 0 Å². The zero-order valence-corrected chi connectivity index (χ0v) is 7.71. The molecule has 1 aliphatic heterocycles. The van der Waals surface area contributed by atoms with Gasteiger partial charge in [0.25, 0.3) is 0 Å². The summed E-state index contributed by atoms with van der Waals surface area (Å²) in [7, 11) is 0. The van der Waals surface area contributed by atoms with Crippen LogP contribution in [0.25, 0.3) is 0 Å². The first-order chi connectivity index (χ1) is 5.59. The third-order valence-electron chi connectivity index (χ3n) is 1.95. The molecule has 0 spiro atoms. The molecule has 3 nitrogen and oxygen atoms in total. The average Bonchev–Trinajstić information content (AvgIpc) is 2.34. The summed E-state index contributed by atoms with van der Waals surface area (Å²) in [5.41, 5.74) is 6.72. The number of nitrogens with two attached hydrogens (primary N) is 1. The monoisotopic (exact) mass is 168 g/mol. The second-order valence-electron chi connectivity index (χ2n) is 3.55. The first kappa shape index (κ1) is 9.26. The number of hydrogen-bond donors (Lipinski definition) is 1. The molecule has 2 N–H and O–H groups in total. The molecule has 0 saturated carbocycles. The number of carbonyl (C=O) groups is 1. The first-order valence-corrected chi connectivity index (χ1v) is 4.29. The van der Waals surface area contributed by atoms with Crippen LogP contribution in [0.3, 0.4) is 0 Å². The van der Waals surface area contributed by atoms with Crippen molar-refractivity contribution in [1.29, 1.82) is 0 Å². The zero-order chi connectivity index (χ0) is 9.14. The molecule has 3 heteroatoms. The van der Waals surface area contributed by atoms with Crippen molar-refractivity contribution in [1.82, 2.24) is 4.90 Å². The zero-order valence-electron chi connectivity index (χ0n) is 7.71. The number of hydrogen-bond acceptors (Lipinski definition) is 2. The van der Waals surface area contributed by atoms with Crippen molar-refractivity contribution < 1.29 is 4.79 Å². The standard InChI is InChI=1S/C9H16N2O/c1-7(2)5-9(12)11-4-3-8(10)6-11/h5,8H,3-4,6,10H2,1-2H3/t8-/m1/s1. The van der Waals surface area contributed by atoms with Crippen LogP contribution in [0, 0.1) is 0 Å². The maximum atomic E-state index is 11.4. The van der Waals surface area contributed by atoms with E-state index in [1.165, 1.54) is 0 Å². The lowest BCUT2D eigenvalue weighted by atomic mass is 10.3. The highest BCUT2D eigenvalue weighted by Crippen LogP contribution is 2.07. The van der Waals surface area contributed by atoms with E-state index in [1.54, 1.807) is 11.0 Å². The van der Waals surface area contributed by atoms with Gasteiger partial charge in [0, 0.05) is 25.2 Å². The molecule has 0 unspecified atom stereocenters. The van der Waals surface area contributed by atoms with Gasteiger partial charge < -0.3 is 10.6 Å². The van der Waals surface area contributed by atoms with Crippen molar-refractivity contribution in [3.05, 3.63) is 11.6 Å². The highest BCUT2D eigenvalue weighted by molar-refractivity contribution is 5.88. The molecule has 1 atom stereocenters. The Morgan fingerprint density at radius 1 is 1.58 bits per heavy atom. The van der Waals surface area contributed by atoms with E-state index < -0.39 is 0 Å². The summed E-state index contributed by atoms with van der Waals surface area (Å²) in [4.78, 5) is 13.2. The number of nitrogens with zero attached hydrogens (tertiary/aromatic N) is 1. The summed E-state index contributed by atoms with van der Waals surface area (Å²) in [6, 6.07) is 0.180. The van der Waals surface area contributed by atoms with E-state index in [9.17, 15) is 4.79 Å². The van der Waals surface area contributed by atoms with Crippen molar-refractivity contribution in [2.45, 2.75) is 26.3 Å². The minimum absolute atomic E-state index is 0.1000. The minimum atomic E-state index is 0.1000. The minimum Gasteiger partial charge on any atom is -0.338 e. The lowest BCUT2D eigenvalue weighted by Gasteiger charge is -2.12. The van der Waals surface area contributed by atoms with Crippen molar-refractivity contribution >= 4 is 5.91 Å². The van der Waals surface area contributed by atoms with Crippen LogP contribution in [0.1, 0.15) is 20.3 Å². The van der Waals surface area contributed by atoms with E-state index in [4.69, 9.17) is 5.73 Å². The highest BCUT2D eigenvalue weighted by Gasteiger charge is 2.21. The predicted molar refractivity (Wildman–Crippen MR) is 48.6 cm³/mol. The van der Waals surface area contributed by atoms with E-state index in [0.717, 1.165) is 18.5 Å². The molecular weight excluding hydrogens is 152 g/mol. The Kier molecular flexibility index (Phi) is 2.87. The van der Waals surface area contributed by atoms with Crippen LogP contribution in [-0.2, 0) is 4.79 Å². The summed E-state index contributed by atoms with van der Waals surface area (Å²) < 4.78 is 0. The van der Waals surface area contributed by atoms with Gasteiger partial charge in [-0.25, -0.2) is 0 Å². The molecule has 0 bridgehead atoms. The van der Waals surface area contributed by atoms with E-state index >= 15 is 0 Å². The summed E-state index contributed by atoms with van der Waals surface area (Å²) >= 11 is 0. The Bertz CT molecular complexity index is 207. The Labute approximate surface area is 73.2 Å². The van der Waals surface area contributed by atoms with E-state index in [0.29, 0.717) is 6.54 Å². The largest absolute Gasteiger partial charge is 0.338 e.